The number of guanidine groups is 1. The van der Waals surface area contributed by atoms with Crippen LogP contribution in [0.2, 0.25) is 0 Å². The fourth-order valence-electron chi connectivity index (χ4n) is 2.23. The monoisotopic (exact) mass is 387 g/mol. The quantitative estimate of drug-likeness (QED) is 0.631. The second-order valence-electron chi connectivity index (χ2n) is 4.32. The zero-order valence-electron chi connectivity index (χ0n) is 9.73. The standard InChI is InChI=1S/C11H11Br2N5O/c12-5-4-7(15-8(5)13)10(19)18-3-1-2-6-9(18)17-11(14)16-6/h1-2,4,6,9,15H,3H2,(H3,14,16,17). The Morgan fingerprint density at radius 1 is 1.53 bits per heavy atom. The molecule has 0 radical (unpaired) electrons. The molecular formula is C11H11Br2N5O. The molecule has 0 aliphatic carbocycles. The molecule has 1 aromatic heterocycles. The lowest BCUT2D eigenvalue weighted by atomic mass is 10.1. The summed E-state index contributed by atoms with van der Waals surface area (Å²) in [5, 5.41) is 3.02. The summed E-state index contributed by atoms with van der Waals surface area (Å²) in [5.41, 5.74) is 6.18. The molecule has 0 saturated heterocycles. The Hall–Kier alpha value is -1.28. The molecule has 4 N–H and O–H groups in total. The van der Waals surface area contributed by atoms with Crippen molar-refractivity contribution < 1.29 is 4.79 Å². The van der Waals surface area contributed by atoms with Gasteiger partial charge >= 0.3 is 0 Å². The summed E-state index contributed by atoms with van der Waals surface area (Å²) in [7, 11) is 0. The summed E-state index contributed by atoms with van der Waals surface area (Å²) in [4.78, 5) is 21.4. The summed E-state index contributed by atoms with van der Waals surface area (Å²) in [6.07, 6.45) is 3.68. The average molecular weight is 389 g/mol. The molecule has 0 saturated carbocycles. The van der Waals surface area contributed by atoms with Gasteiger partial charge in [0.05, 0.1) is 9.08 Å². The topological polar surface area (TPSA) is 86.5 Å². The molecular weight excluding hydrogens is 378 g/mol. The van der Waals surface area contributed by atoms with Gasteiger partial charge < -0.3 is 20.9 Å². The van der Waals surface area contributed by atoms with Gasteiger partial charge in [0, 0.05) is 6.54 Å². The summed E-state index contributed by atoms with van der Waals surface area (Å²) in [6.45, 7) is 0.532. The van der Waals surface area contributed by atoms with Crippen molar-refractivity contribution in [2.45, 2.75) is 12.2 Å². The van der Waals surface area contributed by atoms with Crippen LogP contribution in [-0.4, -0.2) is 40.5 Å². The third-order valence-corrected chi connectivity index (χ3v) is 4.88. The number of nitrogens with zero attached hydrogens (tertiary/aromatic N) is 2. The minimum Gasteiger partial charge on any atom is -0.370 e. The zero-order valence-corrected chi connectivity index (χ0v) is 12.9. The molecule has 100 valence electrons. The lowest BCUT2D eigenvalue weighted by Gasteiger charge is -2.33. The molecule has 19 heavy (non-hydrogen) atoms. The predicted molar refractivity (Wildman–Crippen MR) is 78.7 cm³/mol. The van der Waals surface area contributed by atoms with Gasteiger partial charge in [-0.2, -0.15) is 0 Å². The van der Waals surface area contributed by atoms with Gasteiger partial charge in [-0.05, 0) is 37.9 Å². The van der Waals surface area contributed by atoms with Gasteiger partial charge in [0.1, 0.15) is 17.9 Å². The first-order chi connectivity index (χ1) is 9.06. The van der Waals surface area contributed by atoms with E-state index in [2.05, 4.69) is 47.2 Å². The van der Waals surface area contributed by atoms with E-state index >= 15 is 0 Å². The first kappa shape index (κ1) is 12.7. The molecule has 3 heterocycles. The van der Waals surface area contributed by atoms with Crippen LogP contribution >= 0.6 is 31.9 Å². The molecule has 2 atom stereocenters. The van der Waals surface area contributed by atoms with E-state index in [1.165, 1.54) is 0 Å². The van der Waals surface area contributed by atoms with Crippen molar-refractivity contribution >= 4 is 43.7 Å². The Balaban J connectivity index is 1.86. The van der Waals surface area contributed by atoms with E-state index in [4.69, 9.17) is 5.73 Å². The Kier molecular flexibility index (Phi) is 3.14. The van der Waals surface area contributed by atoms with Gasteiger partial charge in [0.25, 0.3) is 5.91 Å². The summed E-state index contributed by atoms with van der Waals surface area (Å²) in [5.74, 6) is 0.274. The first-order valence-corrected chi connectivity index (χ1v) is 7.26. The molecule has 0 aromatic carbocycles. The maximum atomic E-state index is 12.5. The Morgan fingerprint density at radius 2 is 2.32 bits per heavy atom. The SMILES string of the molecule is NC1=NC2C=CCN(C(=O)c3cc(Br)c(Br)[nH]3)C2N1. The van der Waals surface area contributed by atoms with E-state index in [1.807, 2.05) is 12.2 Å². The summed E-state index contributed by atoms with van der Waals surface area (Å²) < 4.78 is 1.56. The normalized spacial score (nSPS) is 24.9. The highest BCUT2D eigenvalue weighted by atomic mass is 79.9. The van der Waals surface area contributed by atoms with Crippen LogP contribution in [0.1, 0.15) is 10.5 Å². The maximum absolute atomic E-state index is 12.5. The van der Waals surface area contributed by atoms with E-state index < -0.39 is 0 Å². The Bertz CT molecular complexity index is 574. The lowest BCUT2D eigenvalue weighted by Crippen LogP contribution is -2.54. The van der Waals surface area contributed by atoms with Gasteiger partial charge in [-0.25, -0.2) is 4.99 Å². The molecule has 2 aliphatic rings. The smallest absolute Gasteiger partial charge is 0.272 e. The van der Waals surface area contributed by atoms with E-state index in [0.29, 0.717) is 18.2 Å². The minimum absolute atomic E-state index is 0.0943. The Morgan fingerprint density at radius 3 is 3.00 bits per heavy atom. The van der Waals surface area contributed by atoms with Gasteiger partial charge in [-0.15, -0.1) is 0 Å². The molecule has 0 bridgehead atoms. The number of halogens is 2. The van der Waals surface area contributed by atoms with Crippen LogP contribution in [0.5, 0.6) is 0 Å². The molecule has 0 spiro atoms. The fraction of sp³-hybridized carbons (Fsp3) is 0.273. The number of amides is 1. The molecule has 8 heteroatoms. The highest BCUT2D eigenvalue weighted by Gasteiger charge is 2.36. The highest BCUT2D eigenvalue weighted by Crippen LogP contribution is 2.25. The fourth-order valence-corrected chi connectivity index (χ4v) is 2.88. The lowest BCUT2D eigenvalue weighted by molar-refractivity contribution is 0.0669. The van der Waals surface area contributed by atoms with Crippen LogP contribution in [0.3, 0.4) is 0 Å². The third kappa shape index (κ3) is 2.18. The van der Waals surface area contributed by atoms with E-state index in [-0.39, 0.29) is 18.1 Å². The van der Waals surface area contributed by atoms with Crippen LogP contribution in [0.15, 0.2) is 32.3 Å². The summed E-state index contributed by atoms with van der Waals surface area (Å²) in [6, 6.07) is 1.64. The molecule has 1 amide bonds. The van der Waals surface area contributed by atoms with Gasteiger partial charge in [-0.1, -0.05) is 12.2 Å². The number of hydrogen-bond donors (Lipinski definition) is 3. The summed E-state index contributed by atoms with van der Waals surface area (Å²) >= 11 is 6.68. The van der Waals surface area contributed by atoms with E-state index in [9.17, 15) is 4.79 Å². The van der Waals surface area contributed by atoms with Crippen LogP contribution in [0.4, 0.5) is 0 Å². The van der Waals surface area contributed by atoms with Gasteiger partial charge in [0.2, 0.25) is 0 Å². The predicted octanol–water partition coefficient (Wildman–Crippen LogP) is 1.16. The first-order valence-electron chi connectivity index (χ1n) is 5.67. The highest BCUT2D eigenvalue weighted by molar-refractivity contribution is 9.13. The van der Waals surface area contributed by atoms with Crippen molar-refractivity contribution in [1.82, 2.24) is 15.2 Å². The minimum atomic E-state index is -0.210. The number of carbonyl (C=O) groups excluding carboxylic acids is 1. The number of carbonyl (C=O) groups is 1. The number of rotatable bonds is 1. The molecule has 2 aliphatic heterocycles. The number of H-pyrrole nitrogens is 1. The van der Waals surface area contributed by atoms with Gasteiger partial charge in [-0.3, -0.25) is 4.79 Å². The Labute approximate surface area is 126 Å². The largest absolute Gasteiger partial charge is 0.370 e. The van der Waals surface area contributed by atoms with Crippen molar-refractivity contribution in [2.24, 2.45) is 10.7 Å². The zero-order chi connectivity index (χ0) is 13.6. The maximum Gasteiger partial charge on any atom is 0.272 e. The van der Waals surface area contributed by atoms with Crippen molar-refractivity contribution in [3.63, 3.8) is 0 Å². The van der Waals surface area contributed by atoms with Crippen molar-refractivity contribution in [1.29, 1.82) is 0 Å². The molecule has 6 nitrogen and oxygen atoms in total. The average Bonchev–Trinajstić information content (AvgIpc) is 2.90. The second kappa shape index (κ2) is 4.68. The van der Waals surface area contributed by atoms with Crippen LogP contribution in [-0.2, 0) is 0 Å². The second-order valence-corrected chi connectivity index (χ2v) is 5.97. The van der Waals surface area contributed by atoms with Crippen molar-refractivity contribution in [3.05, 3.63) is 33.0 Å². The van der Waals surface area contributed by atoms with Crippen LogP contribution in [0.25, 0.3) is 0 Å². The van der Waals surface area contributed by atoms with Crippen LogP contribution < -0.4 is 11.1 Å². The number of aliphatic imine (C=N–C) groups is 1. The van der Waals surface area contributed by atoms with Crippen molar-refractivity contribution in [2.75, 3.05) is 6.54 Å². The molecule has 3 rings (SSSR count). The number of nitrogens with two attached hydrogens (primary N) is 1. The van der Waals surface area contributed by atoms with E-state index in [1.54, 1.807) is 11.0 Å². The number of aromatic amines is 1. The molecule has 2 unspecified atom stereocenters. The number of fused-ring (bicyclic) bond motifs is 1. The number of nitrogens with one attached hydrogen (secondary N) is 2. The van der Waals surface area contributed by atoms with Crippen LogP contribution in [0, 0.1) is 0 Å². The van der Waals surface area contributed by atoms with E-state index in [0.717, 1.165) is 9.08 Å². The van der Waals surface area contributed by atoms with Crippen molar-refractivity contribution in [3.8, 4) is 0 Å². The number of hydrogen-bond acceptors (Lipinski definition) is 4. The number of aromatic nitrogens is 1. The third-order valence-electron chi connectivity index (χ3n) is 3.09. The van der Waals surface area contributed by atoms with Gasteiger partial charge in [0.15, 0.2) is 5.96 Å². The molecule has 0 fully saturated rings. The molecule has 1 aromatic rings.